The third kappa shape index (κ3) is 4.82. The first-order valence-corrected chi connectivity index (χ1v) is 7.86. The van der Waals surface area contributed by atoms with Crippen molar-refractivity contribution in [3.63, 3.8) is 0 Å². The Bertz CT molecular complexity index is 440. The van der Waals surface area contributed by atoms with Gasteiger partial charge in [-0.15, -0.1) is 0 Å². The van der Waals surface area contributed by atoms with E-state index in [0.717, 1.165) is 56.6 Å². The summed E-state index contributed by atoms with van der Waals surface area (Å²) in [5, 5.41) is 3.28. The van der Waals surface area contributed by atoms with E-state index in [1.807, 2.05) is 13.0 Å². The van der Waals surface area contributed by atoms with Crippen molar-refractivity contribution in [1.29, 1.82) is 0 Å². The number of nitrogens with zero attached hydrogens (tertiary/aromatic N) is 4. The minimum Gasteiger partial charge on any atom is -0.374 e. The van der Waals surface area contributed by atoms with Gasteiger partial charge in [0.15, 0.2) is 5.82 Å². The van der Waals surface area contributed by atoms with E-state index in [1.54, 1.807) is 0 Å². The highest BCUT2D eigenvalue weighted by molar-refractivity contribution is 5.49. The highest BCUT2D eigenvalue weighted by atomic mass is 16.5. The Kier molecular flexibility index (Phi) is 6.20. The van der Waals surface area contributed by atoms with Crippen molar-refractivity contribution < 1.29 is 4.74 Å². The summed E-state index contributed by atoms with van der Waals surface area (Å²) < 4.78 is 5.46. The summed E-state index contributed by atoms with van der Waals surface area (Å²) >= 11 is 0. The van der Waals surface area contributed by atoms with Gasteiger partial charge in [-0.25, -0.2) is 9.97 Å². The number of likely N-dealkylation sites (N-methyl/N-ethyl adjacent to an activating group) is 1. The summed E-state index contributed by atoms with van der Waals surface area (Å²) in [6.45, 7) is 10.3. The lowest BCUT2D eigenvalue weighted by atomic mass is 10.3. The van der Waals surface area contributed by atoms with Gasteiger partial charge in [-0.3, -0.25) is 0 Å². The first-order valence-electron chi connectivity index (χ1n) is 7.86. The third-order valence-electron chi connectivity index (χ3n) is 3.60. The molecule has 6 nitrogen and oxygen atoms in total. The Morgan fingerprint density at radius 1 is 1.19 bits per heavy atom. The molecule has 2 rings (SSSR count). The quantitative estimate of drug-likeness (QED) is 0.859. The van der Waals surface area contributed by atoms with Gasteiger partial charge in [-0.2, -0.15) is 0 Å². The second kappa shape index (κ2) is 8.14. The predicted octanol–water partition coefficient (Wildman–Crippen LogP) is 1.59. The largest absolute Gasteiger partial charge is 0.374 e. The lowest BCUT2D eigenvalue weighted by Crippen LogP contribution is -2.29. The standard InChI is InChI=1S/C15H27N5O/c1-4-16-13-11-15(18-14(17-13)12-21-5-2)20-8-6-7-19(3)9-10-20/h11H,4-10,12H2,1-3H3,(H,16,17,18). The minimum absolute atomic E-state index is 0.469. The lowest BCUT2D eigenvalue weighted by Gasteiger charge is -2.22. The van der Waals surface area contributed by atoms with Gasteiger partial charge in [-0.1, -0.05) is 0 Å². The molecule has 1 aliphatic rings. The number of anilines is 2. The van der Waals surface area contributed by atoms with Crippen LogP contribution in [0.3, 0.4) is 0 Å². The molecule has 6 heteroatoms. The Balaban J connectivity index is 2.17. The molecule has 1 fully saturated rings. The first kappa shape index (κ1) is 16.0. The zero-order chi connectivity index (χ0) is 15.1. The summed E-state index contributed by atoms with van der Waals surface area (Å²) in [6, 6.07) is 2.05. The predicted molar refractivity (Wildman–Crippen MR) is 85.9 cm³/mol. The van der Waals surface area contributed by atoms with Crippen LogP contribution in [-0.4, -0.2) is 61.2 Å². The molecule has 0 radical (unpaired) electrons. The summed E-state index contributed by atoms with van der Waals surface area (Å²) in [4.78, 5) is 13.9. The van der Waals surface area contributed by atoms with E-state index in [-0.39, 0.29) is 0 Å². The van der Waals surface area contributed by atoms with Crippen LogP contribution < -0.4 is 10.2 Å². The molecule has 0 bridgehead atoms. The summed E-state index contributed by atoms with van der Waals surface area (Å²) in [5.74, 6) is 2.64. The molecular weight excluding hydrogens is 266 g/mol. The van der Waals surface area contributed by atoms with Gasteiger partial charge in [-0.05, 0) is 33.9 Å². The Labute approximate surface area is 127 Å². The molecule has 21 heavy (non-hydrogen) atoms. The molecule has 0 saturated carbocycles. The van der Waals surface area contributed by atoms with Crippen LogP contribution in [0.2, 0.25) is 0 Å². The van der Waals surface area contributed by atoms with E-state index in [1.165, 1.54) is 0 Å². The van der Waals surface area contributed by atoms with Crippen molar-refractivity contribution in [3.8, 4) is 0 Å². The van der Waals surface area contributed by atoms with E-state index < -0.39 is 0 Å². The van der Waals surface area contributed by atoms with Crippen LogP contribution in [0.5, 0.6) is 0 Å². The van der Waals surface area contributed by atoms with Gasteiger partial charge >= 0.3 is 0 Å². The van der Waals surface area contributed by atoms with Crippen molar-refractivity contribution in [3.05, 3.63) is 11.9 Å². The molecule has 1 aromatic heterocycles. The minimum atomic E-state index is 0.469. The van der Waals surface area contributed by atoms with Crippen molar-refractivity contribution in [2.75, 3.05) is 56.6 Å². The molecule has 0 unspecified atom stereocenters. The number of aromatic nitrogens is 2. The smallest absolute Gasteiger partial charge is 0.158 e. The van der Waals surface area contributed by atoms with Crippen LogP contribution >= 0.6 is 0 Å². The molecule has 1 N–H and O–H groups in total. The Hall–Kier alpha value is -1.40. The van der Waals surface area contributed by atoms with Crippen molar-refractivity contribution >= 4 is 11.6 Å². The maximum Gasteiger partial charge on any atom is 0.158 e. The molecule has 0 amide bonds. The molecule has 0 aromatic carbocycles. The SMILES string of the molecule is CCNc1cc(N2CCCN(C)CC2)nc(COCC)n1. The maximum atomic E-state index is 5.46. The van der Waals surface area contributed by atoms with Gasteiger partial charge in [0.25, 0.3) is 0 Å². The molecule has 2 heterocycles. The summed E-state index contributed by atoms with van der Waals surface area (Å²) in [6.07, 6.45) is 1.16. The van der Waals surface area contributed by atoms with Gasteiger partial charge in [0.2, 0.25) is 0 Å². The average molecular weight is 293 g/mol. The van der Waals surface area contributed by atoms with Crippen LogP contribution in [0.15, 0.2) is 6.07 Å². The molecule has 1 saturated heterocycles. The highest BCUT2D eigenvalue weighted by Crippen LogP contribution is 2.18. The van der Waals surface area contributed by atoms with Crippen LogP contribution in [0.25, 0.3) is 0 Å². The van der Waals surface area contributed by atoms with Crippen LogP contribution in [-0.2, 0) is 11.3 Å². The fraction of sp³-hybridized carbons (Fsp3) is 0.733. The van der Waals surface area contributed by atoms with Crippen LogP contribution in [0, 0.1) is 0 Å². The first-order chi connectivity index (χ1) is 10.2. The van der Waals surface area contributed by atoms with Crippen LogP contribution in [0.1, 0.15) is 26.1 Å². The van der Waals surface area contributed by atoms with Gasteiger partial charge < -0.3 is 19.9 Å². The van der Waals surface area contributed by atoms with E-state index in [0.29, 0.717) is 13.2 Å². The van der Waals surface area contributed by atoms with E-state index >= 15 is 0 Å². The molecular formula is C15H27N5O. The second-order valence-electron chi connectivity index (χ2n) is 5.34. The molecule has 0 atom stereocenters. The van der Waals surface area contributed by atoms with Crippen molar-refractivity contribution in [2.24, 2.45) is 0 Å². The molecule has 0 aliphatic carbocycles. The topological polar surface area (TPSA) is 53.5 Å². The Morgan fingerprint density at radius 3 is 2.81 bits per heavy atom. The second-order valence-corrected chi connectivity index (χ2v) is 5.34. The Morgan fingerprint density at radius 2 is 2.05 bits per heavy atom. The van der Waals surface area contributed by atoms with Gasteiger partial charge in [0.05, 0.1) is 0 Å². The summed E-state index contributed by atoms with van der Waals surface area (Å²) in [7, 11) is 2.17. The molecule has 1 aromatic rings. The number of hydrogen-bond donors (Lipinski definition) is 1. The average Bonchev–Trinajstić information content (AvgIpc) is 2.70. The third-order valence-corrected chi connectivity index (χ3v) is 3.60. The van der Waals surface area contributed by atoms with Crippen LogP contribution in [0.4, 0.5) is 11.6 Å². The lowest BCUT2D eigenvalue weighted by molar-refractivity contribution is 0.128. The fourth-order valence-electron chi connectivity index (χ4n) is 2.45. The number of nitrogens with one attached hydrogen (secondary N) is 1. The van der Waals surface area contributed by atoms with Gasteiger partial charge in [0.1, 0.15) is 18.2 Å². The maximum absolute atomic E-state index is 5.46. The summed E-state index contributed by atoms with van der Waals surface area (Å²) in [5.41, 5.74) is 0. The molecule has 1 aliphatic heterocycles. The van der Waals surface area contributed by atoms with E-state index in [9.17, 15) is 0 Å². The molecule has 0 spiro atoms. The number of ether oxygens (including phenoxy) is 1. The normalized spacial score (nSPS) is 16.8. The van der Waals surface area contributed by atoms with Gasteiger partial charge in [0, 0.05) is 38.9 Å². The van der Waals surface area contributed by atoms with Crippen molar-refractivity contribution in [2.45, 2.75) is 26.9 Å². The number of rotatable bonds is 6. The monoisotopic (exact) mass is 293 g/mol. The number of hydrogen-bond acceptors (Lipinski definition) is 6. The highest BCUT2D eigenvalue weighted by Gasteiger charge is 2.15. The zero-order valence-corrected chi connectivity index (χ0v) is 13.4. The van der Waals surface area contributed by atoms with E-state index in [2.05, 4.69) is 39.1 Å². The van der Waals surface area contributed by atoms with Crippen molar-refractivity contribution in [1.82, 2.24) is 14.9 Å². The van der Waals surface area contributed by atoms with E-state index in [4.69, 9.17) is 4.74 Å². The fourth-order valence-corrected chi connectivity index (χ4v) is 2.45. The zero-order valence-electron chi connectivity index (χ0n) is 13.4. The molecule has 118 valence electrons.